The Kier molecular flexibility index (Phi) is 17.3. The molecule has 0 aliphatic rings. The molecule has 2 aromatic carbocycles. The van der Waals surface area contributed by atoms with E-state index in [9.17, 15) is 44.1 Å². The number of carboxylic acid groups (broad SMARTS) is 2. The summed E-state index contributed by atoms with van der Waals surface area (Å²) >= 11 is 1.37. The van der Waals surface area contributed by atoms with Crippen molar-refractivity contribution in [1.82, 2.24) is 26.3 Å². The number of carbonyl (C=O) groups excluding carboxylic acids is 4. The maximum atomic E-state index is 13.7. The normalized spacial score (nSPS) is 13.7. The zero-order valence-corrected chi connectivity index (χ0v) is 31.1. The zero-order valence-electron chi connectivity index (χ0n) is 30.3. The first-order valence-corrected chi connectivity index (χ1v) is 18.9. The third kappa shape index (κ3) is 14.5. The number of nitrogens with one attached hydrogen (secondary N) is 5. The smallest absolute Gasteiger partial charge is 0.326 e. The number of nitrogens with two attached hydrogens (primary N) is 3. The molecule has 19 heteroatoms. The molecule has 3 rings (SSSR count). The van der Waals surface area contributed by atoms with Crippen molar-refractivity contribution in [3.8, 4) is 5.75 Å². The average molecular weight is 784 g/mol. The van der Waals surface area contributed by atoms with Crippen molar-refractivity contribution < 1.29 is 44.1 Å². The van der Waals surface area contributed by atoms with Crippen LogP contribution in [-0.2, 0) is 41.6 Å². The van der Waals surface area contributed by atoms with E-state index in [0.717, 1.165) is 16.5 Å². The quantitative estimate of drug-likeness (QED) is 0.0334. The van der Waals surface area contributed by atoms with Crippen LogP contribution in [0.2, 0.25) is 0 Å². The SMILES string of the molecule is CSCC[C@H](NC(=O)[C@H](CCC(=O)O)NC(=O)[C@H](CCCN=C(N)N)NC(=O)[C@@H](N)Cc1c[nH]c2ccccc12)C(=O)N[C@@H](Cc1ccc(O)cc1)C(=O)O. The summed E-state index contributed by atoms with van der Waals surface area (Å²) < 4.78 is 0. The lowest BCUT2D eigenvalue weighted by Crippen LogP contribution is -2.58. The summed E-state index contributed by atoms with van der Waals surface area (Å²) in [7, 11) is 0. The minimum absolute atomic E-state index is 0.0117. The molecule has 55 heavy (non-hydrogen) atoms. The van der Waals surface area contributed by atoms with E-state index in [2.05, 4.69) is 31.2 Å². The summed E-state index contributed by atoms with van der Waals surface area (Å²) in [5.74, 6) is -5.61. The van der Waals surface area contributed by atoms with Crippen molar-refractivity contribution in [1.29, 1.82) is 0 Å². The van der Waals surface area contributed by atoms with E-state index in [1.807, 2.05) is 24.3 Å². The summed E-state index contributed by atoms with van der Waals surface area (Å²) in [6.07, 6.45) is 2.93. The molecule has 0 bridgehead atoms. The first kappa shape index (κ1) is 43.6. The lowest BCUT2D eigenvalue weighted by Gasteiger charge is -2.26. The van der Waals surface area contributed by atoms with Gasteiger partial charge in [0.1, 0.15) is 29.9 Å². The van der Waals surface area contributed by atoms with Crippen molar-refractivity contribution in [2.75, 3.05) is 18.6 Å². The molecule has 0 unspecified atom stereocenters. The molecule has 18 nitrogen and oxygen atoms in total. The summed E-state index contributed by atoms with van der Waals surface area (Å²) in [6.45, 7) is 0.114. The van der Waals surface area contributed by atoms with Gasteiger partial charge in [0.2, 0.25) is 23.6 Å². The van der Waals surface area contributed by atoms with Crippen LogP contribution in [0.1, 0.15) is 43.2 Å². The number of carboxylic acids is 2. The molecule has 1 heterocycles. The van der Waals surface area contributed by atoms with Gasteiger partial charge in [0.15, 0.2) is 5.96 Å². The fraction of sp³-hybridized carbons (Fsp3) is 0.417. The molecule has 0 aliphatic carbocycles. The van der Waals surface area contributed by atoms with E-state index in [0.29, 0.717) is 11.3 Å². The van der Waals surface area contributed by atoms with Gasteiger partial charge in [-0.05, 0) is 73.4 Å². The molecule has 0 radical (unpaired) electrons. The molecular formula is C36H49N9O9S. The molecule has 298 valence electrons. The number of phenolic OH excluding ortho intramolecular Hbond substituents is 1. The van der Waals surface area contributed by atoms with Gasteiger partial charge in [-0.15, -0.1) is 0 Å². The highest BCUT2D eigenvalue weighted by atomic mass is 32.2. The average Bonchev–Trinajstić information content (AvgIpc) is 3.55. The first-order valence-electron chi connectivity index (χ1n) is 17.5. The number of thioether (sulfide) groups is 1. The highest BCUT2D eigenvalue weighted by Gasteiger charge is 2.32. The predicted molar refractivity (Wildman–Crippen MR) is 207 cm³/mol. The van der Waals surface area contributed by atoms with Crippen LogP contribution in [-0.4, -0.2) is 111 Å². The molecule has 14 N–H and O–H groups in total. The molecule has 5 atom stereocenters. The molecule has 3 aromatic rings. The Morgan fingerprint density at radius 2 is 1.36 bits per heavy atom. The second-order valence-electron chi connectivity index (χ2n) is 12.8. The van der Waals surface area contributed by atoms with Gasteiger partial charge in [0.05, 0.1) is 6.04 Å². The number of H-pyrrole nitrogens is 1. The Balaban J connectivity index is 1.78. The lowest BCUT2D eigenvalue weighted by atomic mass is 10.0. The number of carbonyl (C=O) groups is 6. The molecule has 1 aromatic heterocycles. The number of aromatic hydroxyl groups is 1. The van der Waals surface area contributed by atoms with E-state index in [1.54, 1.807) is 12.5 Å². The number of benzene rings is 2. The van der Waals surface area contributed by atoms with E-state index >= 15 is 0 Å². The van der Waals surface area contributed by atoms with Gasteiger partial charge < -0.3 is 58.8 Å². The fourth-order valence-corrected chi connectivity index (χ4v) is 6.08. The van der Waals surface area contributed by atoms with Crippen LogP contribution in [0.3, 0.4) is 0 Å². The third-order valence-electron chi connectivity index (χ3n) is 8.54. The summed E-state index contributed by atoms with van der Waals surface area (Å²) in [6, 6.07) is 6.80. The molecule has 0 fully saturated rings. The van der Waals surface area contributed by atoms with Crippen LogP contribution in [0.25, 0.3) is 10.9 Å². The van der Waals surface area contributed by atoms with Gasteiger partial charge in [0, 0.05) is 36.5 Å². The highest BCUT2D eigenvalue weighted by Crippen LogP contribution is 2.19. The van der Waals surface area contributed by atoms with Crippen LogP contribution in [0.5, 0.6) is 5.75 Å². The molecule has 4 amide bonds. The second-order valence-corrected chi connectivity index (χ2v) is 13.8. The summed E-state index contributed by atoms with van der Waals surface area (Å²) in [5, 5.41) is 39.8. The number of guanidine groups is 1. The van der Waals surface area contributed by atoms with Crippen molar-refractivity contribution >= 4 is 64.2 Å². The van der Waals surface area contributed by atoms with Gasteiger partial charge >= 0.3 is 11.9 Å². The Morgan fingerprint density at radius 3 is 1.96 bits per heavy atom. The monoisotopic (exact) mass is 783 g/mol. The van der Waals surface area contributed by atoms with E-state index in [1.165, 1.54) is 36.0 Å². The van der Waals surface area contributed by atoms with Gasteiger partial charge in [-0.3, -0.25) is 29.0 Å². The molecule has 0 aliphatic heterocycles. The van der Waals surface area contributed by atoms with Crippen LogP contribution in [0.4, 0.5) is 0 Å². The summed E-state index contributed by atoms with van der Waals surface area (Å²) in [5.41, 5.74) is 19.3. The van der Waals surface area contributed by atoms with Crippen molar-refractivity contribution in [2.45, 2.75) is 75.2 Å². The maximum absolute atomic E-state index is 13.7. The minimum atomic E-state index is -1.47. The van der Waals surface area contributed by atoms with Crippen LogP contribution >= 0.6 is 11.8 Å². The largest absolute Gasteiger partial charge is 0.508 e. The first-order chi connectivity index (χ1) is 26.2. The number of phenols is 1. The second kappa shape index (κ2) is 21.8. The van der Waals surface area contributed by atoms with Gasteiger partial charge in [-0.2, -0.15) is 11.8 Å². The number of amides is 4. The number of para-hydroxylation sites is 1. The standard InChI is InChI=1S/C36H49N9O9S/c1-55-16-14-28(34(52)45-29(35(53)54)17-20-8-10-22(46)11-9-20)44-33(51)27(12-13-30(47)48)43-32(50)26(7-4-15-40-36(38)39)42-31(49)24(37)18-21-19-41-25-6-3-2-5-23(21)25/h2-3,5-6,8-11,19,24,26-29,41,46H,4,7,12-18,37H2,1H3,(H,42,49)(H,43,50)(H,44,51)(H,45,52)(H,47,48)(H,53,54)(H4,38,39,40)/t24-,26-,27-,28-,29-/m0/s1. The number of hydrogen-bond donors (Lipinski definition) is 11. The number of nitrogens with zero attached hydrogens (tertiary/aromatic N) is 1. The number of fused-ring (bicyclic) bond motifs is 1. The summed E-state index contributed by atoms with van der Waals surface area (Å²) in [4.78, 5) is 84.8. The topological polar surface area (TPSA) is 317 Å². The van der Waals surface area contributed by atoms with E-state index < -0.39 is 72.2 Å². The van der Waals surface area contributed by atoms with Crippen molar-refractivity contribution in [3.63, 3.8) is 0 Å². The van der Waals surface area contributed by atoms with E-state index in [4.69, 9.17) is 17.2 Å². The maximum Gasteiger partial charge on any atom is 0.326 e. The Bertz CT molecular complexity index is 1820. The van der Waals surface area contributed by atoms with Crippen LogP contribution < -0.4 is 38.5 Å². The lowest BCUT2D eigenvalue weighted by molar-refractivity contribution is -0.142. The molecule has 0 saturated heterocycles. The number of aromatic amines is 1. The van der Waals surface area contributed by atoms with Gasteiger partial charge in [0.25, 0.3) is 0 Å². The van der Waals surface area contributed by atoms with Crippen LogP contribution in [0, 0.1) is 0 Å². The number of hydrogen-bond acceptors (Lipinski definition) is 10. The minimum Gasteiger partial charge on any atom is -0.508 e. The molecule has 0 saturated carbocycles. The third-order valence-corrected chi connectivity index (χ3v) is 9.19. The fourth-order valence-electron chi connectivity index (χ4n) is 5.61. The van der Waals surface area contributed by atoms with Crippen molar-refractivity contribution in [3.05, 3.63) is 65.9 Å². The zero-order chi connectivity index (χ0) is 40.5. The van der Waals surface area contributed by atoms with Crippen molar-refractivity contribution in [2.24, 2.45) is 22.2 Å². The Morgan fingerprint density at radius 1 is 0.782 bits per heavy atom. The Labute approximate surface area is 321 Å². The van der Waals surface area contributed by atoms with E-state index in [-0.39, 0.29) is 56.8 Å². The number of aliphatic carboxylic acids is 2. The van der Waals surface area contributed by atoms with Gasteiger partial charge in [-0.1, -0.05) is 30.3 Å². The predicted octanol–water partition coefficient (Wildman–Crippen LogP) is -0.319. The Hall–Kier alpha value is -5.82. The number of aromatic nitrogens is 1. The number of rotatable bonds is 23. The van der Waals surface area contributed by atoms with Crippen LogP contribution in [0.15, 0.2) is 59.7 Å². The highest BCUT2D eigenvalue weighted by molar-refractivity contribution is 7.98. The molecule has 0 spiro atoms. The van der Waals surface area contributed by atoms with Gasteiger partial charge in [-0.25, -0.2) is 4.79 Å². The number of aliphatic imine (C=N–C) groups is 1. The molecular weight excluding hydrogens is 735 g/mol.